The first-order valence-electron chi connectivity index (χ1n) is 10.5. The summed E-state index contributed by atoms with van der Waals surface area (Å²) in [6.45, 7) is 4.27. The van der Waals surface area contributed by atoms with E-state index in [1.807, 2.05) is 50.2 Å². The van der Waals surface area contributed by atoms with Crippen LogP contribution in [0.4, 0.5) is 11.5 Å². The number of aromatic nitrogens is 2. The molecule has 2 aromatic carbocycles. The number of rotatable bonds is 9. The number of unbranched alkanes of at least 4 members (excludes halogenated alkanes) is 1. The Labute approximate surface area is 180 Å². The van der Waals surface area contributed by atoms with Gasteiger partial charge in [0.1, 0.15) is 11.6 Å². The number of nitrogens with zero attached hydrogens (tertiary/aromatic N) is 2. The zero-order valence-corrected chi connectivity index (χ0v) is 17.9. The number of benzene rings is 2. The summed E-state index contributed by atoms with van der Waals surface area (Å²) >= 11 is 0. The van der Waals surface area contributed by atoms with Crippen LogP contribution in [0.1, 0.15) is 33.1 Å². The molecule has 3 N–H and O–H groups in total. The van der Waals surface area contributed by atoms with Gasteiger partial charge in [0.15, 0.2) is 12.3 Å². The van der Waals surface area contributed by atoms with Gasteiger partial charge in [-0.25, -0.2) is 4.79 Å². The van der Waals surface area contributed by atoms with Crippen molar-refractivity contribution in [2.45, 2.75) is 39.7 Å². The lowest BCUT2D eigenvalue weighted by Crippen LogP contribution is -2.43. The number of carbonyl (C=O) groups is 1. The van der Waals surface area contributed by atoms with Crippen LogP contribution in [0.15, 0.2) is 52.1 Å². The molecule has 0 aliphatic rings. The monoisotopic (exact) mass is 424 g/mol. The molecule has 0 unspecified atom stereocenters. The summed E-state index contributed by atoms with van der Waals surface area (Å²) in [5, 5.41) is 2.07. The van der Waals surface area contributed by atoms with E-state index in [2.05, 4.69) is 4.98 Å². The largest absolute Gasteiger partial charge is 0.484 e. The highest BCUT2D eigenvalue weighted by Crippen LogP contribution is 2.22. The number of H-pyrrole nitrogens is 1. The van der Waals surface area contributed by atoms with Crippen molar-refractivity contribution in [3.8, 4) is 5.75 Å². The molecule has 0 saturated carbocycles. The number of carbonyl (C=O) groups excluding carboxylic acids is 1. The maximum atomic E-state index is 13.0. The topological polar surface area (TPSA) is 110 Å². The molecular formula is C23H28N4O4. The minimum absolute atomic E-state index is 0.00490. The molecule has 1 aromatic heterocycles. The molecule has 164 valence electrons. The molecule has 3 aromatic rings. The molecule has 0 radical (unpaired) electrons. The van der Waals surface area contributed by atoms with E-state index in [0.717, 1.165) is 23.6 Å². The first-order valence-corrected chi connectivity index (χ1v) is 10.5. The van der Waals surface area contributed by atoms with E-state index in [1.54, 1.807) is 6.07 Å². The highest BCUT2D eigenvalue weighted by atomic mass is 16.5. The summed E-state index contributed by atoms with van der Waals surface area (Å²) in [7, 11) is 0. The number of fused-ring (bicyclic) bond motifs is 1. The van der Waals surface area contributed by atoms with E-state index in [0.29, 0.717) is 18.7 Å². The molecule has 0 aliphatic carbocycles. The van der Waals surface area contributed by atoms with Crippen molar-refractivity contribution in [3.63, 3.8) is 0 Å². The van der Waals surface area contributed by atoms with Crippen LogP contribution in [-0.4, -0.2) is 28.6 Å². The summed E-state index contributed by atoms with van der Waals surface area (Å²) in [6, 6.07) is 13.4. The number of anilines is 2. The van der Waals surface area contributed by atoms with Crippen LogP contribution in [-0.2, 0) is 11.3 Å². The maximum absolute atomic E-state index is 13.0. The second-order valence-corrected chi connectivity index (χ2v) is 7.34. The third kappa shape index (κ3) is 4.96. The third-order valence-electron chi connectivity index (χ3n) is 5.05. The lowest BCUT2D eigenvalue weighted by atomic mass is 10.1. The first kappa shape index (κ1) is 22.1. The molecule has 0 bridgehead atoms. The van der Waals surface area contributed by atoms with Crippen molar-refractivity contribution < 1.29 is 9.53 Å². The molecule has 31 heavy (non-hydrogen) atoms. The van der Waals surface area contributed by atoms with Gasteiger partial charge in [0.2, 0.25) is 0 Å². The number of nitrogens with two attached hydrogens (primary N) is 1. The van der Waals surface area contributed by atoms with E-state index in [9.17, 15) is 14.4 Å². The molecule has 8 nitrogen and oxygen atoms in total. The molecule has 8 heteroatoms. The highest BCUT2D eigenvalue weighted by Gasteiger charge is 2.24. The molecule has 0 atom stereocenters. The van der Waals surface area contributed by atoms with Gasteiger partial charge in [-0.2, -0.15) is 0 Å². The molecular weight excluding hydrogens is 396 g/mol. The number of nitrogen functional groups attached to an aromatic ring is 1. The SMILES string of the molecule is CCCCn1c(N)c(N(CCC)C(=O)COc2ccc3ccccc3c2)c(=O)[nH]c1=O. The van der Waals surface area contributed by atoms with E-state index in [1.165, 1.54) is 9.47 Å². The average molecular weight is 425 g/mol. The van der Waals surface area contributed by atoms with Gasteiger partial charge >= 0.3 is 5.69 Å². The molecule has 0 aliphatic heterocycles. The van der Waals surface area contributed by atoms with E-state index < -0.39 is 17.2 Å². The van der Waals surface area contributed by atoms with E-state index in [-0.39, 0.29) is 24.7 Å². The number of hydrogen-bond donors (Lipinski definition) is 2. The summed E-state index contributed by atoms with van der Waals surface area (Å²) in [5.41, 5.74) is 4.91. The Morgan fingerprint density at radius 1 is 1.10 bits per heavy atom. The summed E-state index contributed by atoms with van der Waals surface area (Å²) in [5.74, 6) is 0.140. The summed E-state index contributed by atoms with van der Waals surface area (Å²) < 4.78 is 7.02. The van der Waals surface area contributed by atoms with Gasteiger partial charge in [-0.05, 0) is 35.7 Å². The minimum Gasteiger partial charge on any atom is -0.484 e. The van der Waals surface area contributed by atoms with Gasteiger partial charge < -0.3 is 15.4 Å². The van der Waals surface area contributed by atoms with Crippen LogP contribution in [0.25, 0.3) is 10.8 Å². The Balaban J connectivity index is 1.86. The fraction of sp³-hybridized carbons (Fsp3) is 0.348. The molecule has 1 amide bonds. The fourth-order valence-electron chi connectivity index (χ4n) is 3.44. The van der Waals surface area contributed by atoms with Crippen molar-refractivity contribution in [2.75, 3.05) is 23.8 Å². The predicted octanol–water partition coefficient (Wildman–Crippen LogP) is 2.89. The predicted molar refractivity (Wildman–Crippen MR) is 123 cm³/mol. The van der Waals surface area contributed by atoms with Crippen LogP contribution in [0.3, 0.4) is 0 Å². The van der Waals surface area contributed by atoms with Gasteiger partial charge in [-0.3, -0.25) is 19.1 Å². The first-order chi connectivity index (χ1) is 15.0. The number of aromatic amines is 1. The van der Waals surface area contributed by atoms with Gasteiger partial charge in [0, 0.05) is 13.1 Å². The maximum Gasteiger partial charge on any atom is 0.330 e. The number of nitrogens with one attached hydrogen (secondary N) is 1. The Bertz CT molecular complexity index is 1180. The number of ether oxygens (including phenoxy) is 1. The zero-order chi connectivity index (χ0) is 22.4. The molecule has 1 heterocycles. The smallest absolute Gasteiger partial charge is 0.330 e. The Kier molecular flexibility index (Phi) is 7.12. The van der Waals surface area contributed by atoms with Crippen molar-refractivity contribution in [1.29, 1.82) is 0 Å². The van der Waals surface area contributed by atoms with Crippen molar-refractivity contribution >= 4 is 28.2 Å². The summed E-state index contributed by atoms with van der Waals surface area (Å²) in [6.07, 6.45) is 2.19. The number of hydrogen-bond acceptors (Lipinski definition) is 5. The van der Waals surface area contributed by atoms with E-state index in [4.69, 9.17) is 10.5 Å². The quantitative estimate of drug-likeness (QED) is 0.549. The Hall–Kier alpha value is -3.55. The zero-order valence-electron chi connectivity index (χ0n) is 17.9. The number of amides is 1. The van der Waals surface area contributed by atoms with Crippen LogP contribution in [0.2, 0.25) is 0 Å². The third-order valence-corrected chi connectivity index (χ3v) is 5.05. The second-order valence-electron chi connectivity index (χ2n) is 7.34. The lowest BCUT2D eigenvalue weighted by molar-refractivity contribution is -0.120. The normalized spacial score (nSPS) is 10.9. The minimum atomic E-state index is -0.678. The Morgan fingerprint density at radius 2 is 1.84 bits per heavy atom. The van der Waals surface area contributed by atoms with E-state index >= 15 is 0 Å². The average Bonchev–Trinajstić information content (AvgIpc) is 2.76. The van der Waals surface area contributed by atoms with Crippen LogP contribution in [0.5, 0.6) is 5.75 Å². The molecule has 0 saturated heterocycles. The fourth-order valence-corrected chi connectivity index (χ4v) is 3.44. The van der Waals surface area contributed by atoms with Crippen molar-refractivity contribution in [2.24, 2.45) is 0 Å². The van der Waals surface area contributed by atoms with Crippen molar-refractivity contribution in [1.82, 2.24) is 9.55 Å². The van der Waals surface area contributed by atoms with Gasteiger partial charge in [-0.1, -0.05) is 50.6 Å². The van der Waals surface area contributed by atoms with Crippen molar-refractivity contribution in [3.05, 3.63) is 63.3 Å². The van der Waals surface area contributed by atoms with Crippen LogP contribution < -0.4 is 26.6 Å². The van der Waals surface area contributed by atoms with Crippen LogP contribution in [0, 0.1) is 0 Å². The Morgan fingerprint density at radius 3 is 2.55 bits per heavy atom. The van der Waals surface area contributed by atoms with Gasteiger partial charge in [0.05, 0.1) is 0 Å². The summed E-state index contributed by atoms with van der Waals surface area (Å²) in [4.78, 5) is 41.3. The molecule has 3 rings (SSSR count). The van der Waals surface area contributed by atoms with Gasteiger partial charge in [-0.15, -0.1) is 0 Å². The van der Waals surface area contributed by atoms with Gasteiger partial charge in [0.25, 0.3) is 11.5 Å². The lowest BCUT2D eigenvalue weighted by Gasteiger charge is -2.24. The molecule has 0 spiro atoms. The standard InChI is InChI=1S/C23H28N4O4/c1-3-5-13-27-21(24)20(22(29)25-23(27)30)26(12-4-2)19(28)15-31-18-11-10-16-8-6-7-9-17(16)14-18/h6-11,14H,3-5,12-13,15,24H2,1-2H3,(H,25,29,30). The molecule has 0 fully saturated rings. The second kappa shape index (κ2) is 9.97. The van der Waals surface area contributed by atoms with Crippen LogP contribution >= 0.6 is 0 Å². The highest BCUT2D eigenvalue weighted by molar-refractivity contribution is 5.96.